The lowest BCUT2D eigenvalue weighted by molar-refractivity contribution is -0.147. The van der Waals surface area contributed by atoms with Gasteiger partial charge in [-0.05, 0) is 24.6 Å². The summed E-state index contributed by atoms with van der Waals surface area (Å²) in [5.41, 5.74) is 1.70. The molecule has 0 aliphatic carbocycles. The number of aliphatic imine (C=N–C) groups is 1. The molecule has 136 valence electrons. The van der Waals surface area contributed by atoms with Gasteiger partial charge in [-0.2, -0.15) is 0 Å². The number of benzene rings is 2. The largest absolute Gasteiger partial charge is 0.464 e. The first-order chi connectivity index (χ1) is 13.1. The van der Waals surface area contributed by atoms with E-state index in [1.54, 1.807) is 31.2 Å². The number of amides is 2. The van der Waals surface area contributed by atoms with Gasteiger partial charge in [0.05, 0.1) is 29.8 Å². The summed E-state index contributed by atoms with van der Waals surface area (Å²) in [4.78, 5) is 44.4. The number of carbonyl (C=O) groups excluding carboxylic acids is 3. The molecule has 2 aliphatic heterocycles. The molecule has 2 aromatic rings. The van der Waals surface area contributed by atoms with Crippen LogP contribution >= 0.6 is 0 Å². The predicted octanol–water partition coefficient (Wildman–Crippen LogP) is 2.23. The Morgan fingerprint density at radius 3 is 2.26 bits per heavy atom. The van der Waals surface area contributed by atoms with Gasteiger partial charge in [0.2, 0.25) is 11.8 Å². The van der Waals surface area contributed by atoms with Crippen LogP contribution in [0.1, 0.15) is 12.5 Å². The Bertz CT molecular complexity index is 924. The van der Waals surface area contributed by atoms with E-state index in [1.165, 1.54) is 4.90 Å². The van der Waals surface area contributed by atoms with Crippen molar-refractivity contribution in [2.45, 2.75) is 13.0 Å². The smallest absolute Gasteiger partial charge is 0.331 e. The summed E-state index contributed by atoms with van der Waals surface area (Å²) in [6.45, 7) is 1.89. The van der Waals surface area contributed by atoms with Crippen molar-refractivity contribution in [3.63, 3.8) is 0 Å². The highest BCUT2D eigenvalue weighted by atomic mass is 16.5. The van der Waals surface area contributed by atoms with E-state index < -0.39 is 29.8 Å². The van der Waals surface area contributed by atoms with Crippen LogP contribution in [-0.4, -0.2) is 36.1 Å². The second kappa shape index (κ2) is 6.79. The molecule has 2 aliphatic rings. The zero-order valence-corrected chi connectivity index (χ0v) is 14.7. The van der Waals surface area contributed by atoms with Gasteiger partial charge >= 0.3 is 5.97 Å². The zero-order chi connectivity index (χ0) is 19.0. The molecular weight excluding hydrogens is 344 g/mol. The quantitative estimate of drug-likeness (QED) is 0.617. The Hall–Kier alpha value is -3.28. The molecule has 0 bridgehead atoms. The normalized spacial score (nSPS) is 24.0. The fourth-order valence-corrected chi connectivity index (χ4v) is 3.73. The Morgan fingerprint density at radius 2 is 1.63 bits per heavy atom. The molecule has 2 amide bonds. The number of nitrogens with zero attached hydrogens (tertiary/aromatic N) is 2. The molecule has 0 radical (unpaired) electrons. The lowest BCUT2D eigenvalue weighted by Gasteiger charge is -2.17. The van der Waals surface area contributed by atoms with Crippen molar-refractivity contribution in [1.29, 1.82) is 0 Å². The van der Waals surface area contributed by atoms with E-state index in [4.69, 9.17) is 4.74 Å². The summed E-state index contributed by atoms with van der Waals surface area (Å²) >= 11 is 0. The van der Waals surface area contributed by atoms with Crippen LogP contribution in [-0.2, 0) is 19.1 Å². The standard InChI is InChI=1S/C21H18N2O4/c1-2-27-21(26)18-16-15(17(22-18)13-9-5-3-6-10-13)19(24)23(20(16)25)14-11-7-4-8-12-14/h3-12,15-16,18H,2H2,1H3/t15-,16+,18-/m0/s1. The molecule has 0 spiro atoms. The van der Waals surface area contributed by atoms with E-state index in [0.717, 1.165) is 5.56 Å². The average molecular weight is 362 g/mol. The van der Waals surface area contributed by atoms with Gasteiger partial charge in [0.25, 0.3) is 0 Å². The highest BCUT2D eigenvalue weighted by Gasteiger charge is 2.59. The van der Waals surface area contributed by atoms with Crippen LogP contribution in [0.3, 0.4) is 0 Å². The molecule has 0 aromatic heterocycles. The van der Waals surface area contributed by atoms with E-state index >= 15 is 0 Å². The zero-order valence-electron chi connectivity index (χ0n) is 14.7. The van der Waals surface area contributed by atoms with Gasteiger partial charge in [-0.25, -0.2) is 9.69 Å². The minimum absolute atomic E-state index is 0.188. The molecule has 6 heteroatoms. The minimum Gasteiger partial charge on any atom is -0.464 e. The van der Waals surface area contributed by atoms with Crippen LogP contribution in [0.2, 0.25) is 0 Å². The van der Waals surface area contributed by atoms with E-state index in [0.29, 0.717) is 11.4 Å². The SMILES string of the molecule is CCOC(=O)[C@H]1N=C(c2ccccc2)[C@H]2C(=O)N(c3ccccc3)C(=O)[C@H]21. The molecule has 2 aromatic carbocycles. The molecule has 27 heavy (non-hydrogen) atoms. The molecule has 1 saturated heterocycles. The van der Waals surface area contributed by atoms with E-state index in [-0.39, 0.29) is 12.5 Å². The molecule has 1 fully saturated rings. The summed E-state index contributed by atoms with van der Waals surface area (Å²) in [6, 6.07) is 16.9. The highest BCUT2D eigenvalue weighted by molar-refractivity contribution is 6.33. The fourth-order valence-electron chi connectivity index (χ4n) is 3.73. The van der Waals surface area contributed by atoms with Crippen molar-refractivity contribution < 1.29 is 19.1 Å². The Labute approximate surface area is 156 Å². The number of fused-ring (bicyclic) bond motifs is 1. The first-order valence-electron chi connectivity index (χ1n) is 8.86. The average Bonchev–Trinajstić information content (AvgIpc) is 3.21. The molecular formula is C21H18N2O4. The third-order valence-corrected chi connectivity index (χ3v) is 4.88. The van der Waals surface area contributed by atoms with Crippen molar-refractivity contribution in [2.75, 3.05) is 11.5 Å². The lowest BCUT2D eigenvalue weighted by atomic mass is 9.86. The van der Waals surface area contributed by atoms with Gasteiger partial charge in [-0.3, -0.25) is 14.6 Å². The number of hydrogen-bond acceptors (Lipinski definition) is 5. The van der Waals surface area contributed by atoms with Gasteiger partial charge in [0.15, 0.2) is 6.04 Å². The topological polar surface area (TPSA) is 76.0 Å². The van der Waals surface area contributed by atoms with Crippen LogP contribution in [0.15, 0.2) is 65.7 Å². The van der Waals surface area contributed by atoms with Crippen molar-refractivity contribution in [3.05, 3.63) is 66.2 Å². The number of imide groups is 1. The van der Waals surface area contributed by atoms with Crippen molar-refractivity contribution in [1.82, 2.24) is 0 Å². The summed E-state index contributed by atoms with van der Waals surface area (Å²) in [7, 11) is 0. The van der Waals surface area contributed by atoms with Crippen LogP contribution in [0.4, 0.5) is 5.69 Å². The molecule has 3 atom stereocenters. The number of esters is 1. The third-order valence-electron chi connectivity index (χ3n) is 4.88. The van der Waals surface area contributed by atoms with Crippen LogP contribution in [0.25, 0.3) is 0 Å². The van der Waals surface area contributed by atoms with Crippen LogP contribution in [0.5, 0.6) is 0 Å². The summed E-state index contributed by atoms with van der Waals surface area (Å²) in [5.74, 6) is -2.99. The molecule has 0 N–H and O–H groups in total. The summed E-state index contributed by atoms with van der Waals surface area (Å²) in [6.07, 6.45) is 0. The summed E-state index contributed by atoms with van der Waals surface area (Å²) in [5, 5.41) is 0. The maximum absolute atomic E-state index is 13.2. The molecule has 0 unspecified atom stereocenters. The predicted molar refractivity (Wildman–Crippen MR) is 99.3 cm³/mol. The van der Waals surface area contributed by atoms with Crippen molar-refractivity contribution in [3.8, 4) is 0 Å². The molecule has 6 nitrogen and oxygen atoms in total. The maximum Gasteiger partial charge on any atom is 0.331 e. The third kappa shape index (κ3) is 2.73. The van der Waals surface area contributed by atoms with Gasteiger partial charge in [0, 0.05) is 0 Å². The van der Waals surface area contributed by atoms with Gasteiger partial charge in [-0.15, -0.1) is 0 Å². The number of anilines is 1. The highest BCUT2D eigenvalue weighted by Crippen LogP contribution is 2.41. The minimum atomic E-state index is -1.00. The number of rotatable bonds is 4. The Kier molecular flexibility index (Phi) is 4.32. The van der Waals surface area contributed by atoms with Gasteiger partial charge in [0.1, 0.15) is 0 Å². The molecule has 2 heterocycles. The van der Waals surface area contributed by atoms with Gasteiger partial charge < -0.3 is 4.74 Å². The van der Waals surface area contributed by atoms with Crippen LogP contribution in [0, 0.1) is 11.8 Å². The second-order valence-electron chi connectivity index (χ2n) is 6.43. The Balaban J connectivity index is 1.79. The molecule has 0 saturated carbocycles. The number of carbonyl (C=O) groups is 3. The molecule has 4 rings (SSSR count). The van der Waals surface area contributed by atoms with E-state index in [2.05, 4.69) is 4.99 Å². The van der Waals surface area contributed by atoms with Crippen LogP contribution < -0.4 is 4.90 Å². The summed E-state index contributed by atoms with van der Waals surface area (Å²) < 4.78 is 5.11. The number of para-hydroxylation sites is 1. The number of ether oxygens (including phenoxy) is 1. The van der Waals surface area contributed by atoms with Gasteiger partial charge in [-0.1, -0.05) is 48.5 Å². The Morgan fingerprint density at radius 1 is 1.00 bits per heavy atom. The van der Waals surface area contributed by atoms with E-state index in [1.807, 2.05) is 36.4 Å². The van der Waals surface area contributed by atoms with Crippen molar-refractivity contribution >= 4 is 29.2 Å². The number of hydrogen-bond donors (Lipinski definition) is 0. The maximum atomic E-state index is 13.2. The van der Waals surface area contributed by atoms with Crippen molar-refractivity contribution in [2.24, 2.45) is 16.8 Å². The lowest BCUT2D eigenvalue weighted by Crippen LogP contribution is -2.36. The van der Waals surface area contributed by atoms with E-state index in [9.17, 15) is 14.4 Å². The first-order valence-corrected chi connectivity index (χ1v) is 8.86. The second-order valence-corrected chi connectivity index (χ2v) is 6.43. The monoisotopic (exact) mass is 362 g/mol. The first kappa shape index (κ1) is 17.1. The fraction of sp³-hybridized carbons (Fsp3) is 0.238.